The lowest BCUT2D eigenvalue weighted by Crippen LogP contribution is -2.29. The molecule has 1 aliphatic heterocycles. The Morgan fingerprint density at radius 1 is 1.56 bits per heavy atom. The van der Waals surface area contributed by atoms with Gasteiger partial charge < -0.3 is 10.5 Å². The maximum atomic E-state index is 6.18. The summed E-state index contributed by atoms with van der Waals surface area (Å²) in [6, 6.07) is 0.114. The fourth-order valence-electron chi connectivity index (χ4n) is 2.43. The summed E-state index contributed by atoms with van der Waals surface area (Å²) in [5, 5.41) is 4.26. The van der Waals surface area contributed by atoms with E-state index in [9.17, 15) is 0 Å². The Bertz CT molecular complexity index is 358. The maximum Gasteiger partial charge on any atom is 0.138 e. The number of nitrogens with two attached hydrogens (primary N) is 1. The van der Waals surface area contributed by atoms with Gasteiger partial charge in [0.15, 0.2) is 0 Å². The zero-order valence-corrected chi connectivity index (χ0v) is 11.4. The van der Waals surface area contributed by atoms with Gasteiger partial charge in [0.05, 0.1) is 6.10 Å². The van der Waals surface area contributed by atoms with E-state index in [0.717, 1.165) is 38.2 Å². The Morgan fingerprint density at radius 3 is 3.06 bits per heavy atom. The average Bonchev–Trinajstić information content (AvgIpc) is 2.91. The minimum Gasteiger partial charge on any atom is -0.378 e. The van der Waals surface area contributed by atoms with E-state index in [-0.39, 0.29) is 6.04 Å². The highest BCUT2D eigenvalue weighted by atomic mass is 16.5. The van der Waals surface area contributed by atoms with Gasteiger partial charge in [-0.15, -0.1) is 0 Å². The average molecular weight is 252 g/mol. The first-order valence-electron chi connectivity index (χ1n) is 6.89. The molecule has 2 atom stereocenters. The standard InChI is InChI=1S/C13H24N4O/c1-10(2)8-17-13(15-9-16-17)7-11(14)6-12-4-3-5-18-12/h9-12H,3-8,14H2,1-2H3. The van der Waals surface area contributed by atoms with Gasteiger partial charge in [-0.2, -0.15) is 5.10 Å². The number of hydrogen-bond acceptors (Lipinski definition) is 4. The molecule has 1 aromatic heterocycles. The Labute approximate surface area is 109 Å². The molecule has 2 rings (SSSR count). The molecule has 102 valence electrons. The van der Waals surface area contributed by atoms with Gasteiger partial charge >= 0.3 is 0 Å². The van der Waals surface area contributed by atoms with Gasteiger partial charge in [-0.05, 0) is 25.2 Å². The molecular weight excluding hydrogens is 228 g/mol. The zero-order valence-electron chi connectivity index (χ0n) is 11.4. The molecule has 5 heteroatoms. The summed E-state index contributed by atoms with van der Waals surface area (Å²) < 4.78 is 7.59. The third-order valence-electron chi connectivity index (χ3n) is 3.27. The van der Waals surface area contributed by atoms with E-state index >= 15 is 0 Å². The van der Waals surface area contributed by atoms with Crippen molar-refractivity contribution in [3.8, 4) is 0 Å². The normalized spacial score (nSPS) is 21.7. The van der Waals surface area contributed by atoms with E-state index in [1.807, 2.05) is 4.68 Å². The van der Waals surface area contributed by atoms with Crippen LogP contribution in [0.25, 0.3) is 0 Å². The van der Waals surface area contributed by atoms with Gasteiger partial charge in [0.2, 0.25) is 0 Å². The number of aromatic nitrogens is 3. The quantitative estimate of drug-likeness (QED) is 0.830. The molecule has 2 heterocycles. The molecule has 0 aromatic carbocycles. The van der Waals surface area contributed by atoms with Crippen LogP contribution in [0.5, 0.6) is 0 Å². The van der Waals surface area contributed by atoms with Crippen molar-refractivity contribution in [3.05, 3.63) is 12.2 Å². The van der Waals surface area contributed by atoms with Crippen LogP contribution < -0.4 is 5.73 Å². The van der Waals surface area contributed by atoms with Crippen LogP contribution in [0.4, 0.5) is 0 Å². The van der Waals surface area contributed by atoms with E-state index in [4.69, 9.17) is 10.5 Å². The summed E-state index contributed by atoms with van der Waals surface area (Å²) in [4.78, 5) is 4.31. The van der Waals surface area contributed by atoms with Gasteiger partial charge in [-0.3, -0.25) is 0 Å². The molecule has 1 fully saturated rings. The molecule has 0 saturated carbocycles. The van der Waals surface area contributed by atoms with Crippen LogP contribution >= 0.6 is 0 Å². The monoisotopic (exact) mass is 252 g/mol. The minimum atomic E-state index is 0.114. The van der Waals surface area contributed by atoms with E-state index in [2.05, 4.69) is 23.9 Å². The second-order valence-electron chi connectivity index (χ2n) is 5.59. The van der Waals surface area contributed by atoms with Crippen LogP contribution in [0, 0.1) is 5.92 Å². The molecule has 1 aromatic rings. The van der Waals surface area contributed by atoms with E-state index in [1.54, 1.807) is 6.33 Å². The molecule has 18 heavy (non-hydrogen) atoms. The molecular formula is C13H24N4O. The Kier molecular flexibility index (Phi) is 4.72. The summed E-state index contributed by atoms with van der Waals surface area (Å²) in [6.07, 6.45) is 5.99. The largest absolute Gasteiger partial charge is 0.378 e. The molecule has 1 aliphatic rings. The van der Waals surface area contributed by atoms with Crippen LogP contribution in [0.2, 0.25) is 0 Å². The minimum absolute atomic E-state index is 0.114. The lowest BCUT2D eigenvalue weighted by Gasteiger charge is -2.16. The highest BCUT2D eigenvalue weighted by Gasteiger charge is 2.20. The first-order valence-corrected chi connectivity index (χ1v) is 6.89. The Hall–Kier alpha value is -0.940. The van der Waals surface area contributed by atoms with Gasteiger partial charge in [0.25, 0.3) is 0 Å². The SMILES string of the molecule is CC(C)Cn1ncnc1CC(N)CC1CCCO1. The molecule has 2 N–H and O–H groups in total. The first kappa shape index (κ1) is 13.5. The zero-order chi connectivity index (χ0) is 13.0. The van der Waals surface area contributed by atoms with Crippen molar-refractivity contribution in [2.75, 3.05) is 6.61 Å². The van der Waals surface area contributed by atoms with Gasteiger partial charge in [0, 0.05) is 25.6 Å². The Balaban J connectivity index is 1.85. The van der Waals surface area contributed by atoms with Crippen molar-refractivity contribution in [3.63, 3.8) is 0 Å². The van der Waals surface area contributed by atoms with Gasteiger partial charge in [0.1, 0.15) is 12.2 Å². The molecule has 0 radical (unpaired) electrons. The fourth-order valence-corrected chi connectivity index (χ4v) is 2.43. The van der Waals surface area contributed by atoms with Crippen molar-refractivity contribution < 1.29 is 4.74 Å². The van der Waals surface area contributed by atoms with Crippen molar-refractivity contribution >= 4 is 0 Å². The van der Waals surface area contributed by atoms with Gasteiger partial charge in [-0.1, -0.05) is 13.8 Å². The van der Waals surface area contributed by atoms with Gasteiger partial charge in [-0.25, -0.2) is 9.67 Å². The smallest absolute Gasteiger partial charge is 0.138 e. The van der Waals surface area contributed by atoms with Crippen LogP contribution in [0.1, 0.15) is 38.9 Å². The van der Waals surface area contributed by atoms with Crippen molar-refractivity contribution in [1.29, 1.82) is 0 Å². The van der Waals surface area contributed by atoms with Crippen molar-refractivity contribution in [2.45, 2.75) is 58.2 Å². The van der Waals surface area contributed by atoms with Crippen molar-refractivity contribution in [2.24, 2.45) is 11.7 Å². The maximum absolute atomic E-state index is 6.18. The molecule has 0 amide bonds. The highest BCUT2D eigenvalue weighted by Crippen LogP contribution is 2.17. The molecule has 0 bridgehead atoms. The van der Waals surface area contributed by atoms with Crippen molar-refractivity contribution in [1.82, 2.24) is 14.8 Å². The molecule has 0 spiro atoms. The first-order chi connectivity index (χ1) is 8.65. The van der Waals surface area contributed by atoms with Crippen LogP contribution in [0.15, 0.2) is 6.33 Å². The highest BCUT2D eigenvalue weighted by molar-refractivity contribution is 4.90. The lowest BCUT2D eigenvalue weighted by molar-refractivity contribution is 0.0980. The predicted octanol–water partition coefficient (Wildman–Crippen LogP) is 1.37. The summed E-state index contributed by atoms with van der Waals surface area (Å²) in [5.41, 5.74) is 6.18. The summed E-state index contributed by atoms with van der Waals surface area (Å²) in [5.74, 6) is 1.56. The summed E-state index contributed by atoms with van der Waals surface area (Å²) >= 11 is 0. The van der Waals surface area contributed by atoms with Crippen LogP contribution in [-0.2, 0) is 17.7 Å². The Morgan fingerprint density at radius 2 is 2.39 bits per heavy atom. The third-order valence-corrected chi connectivity index (χ3v) is 3.27. The molecule has 1 saturated heterocycles. The lowest BCUT2D eigenvalue weighted by atomic mass is 10.0. The summed E-state index contributed by atoms with van der Waals surface area (Å²) in [7, 11) is 0. The fraction of sp³-hybridized carbons (Fsp3) is 0.846. The van der Waals surface area contributed by atoms with Crippen LogP contribution in [0.3, 0.4) is 0 Å². The number of nitrogens with zero attached hydrogens (tertiary/aromatic N) is 3. The molecule has 5 nitrogen and oxygen atoms in total. The molecule has 0 aliphatic carbocycles. The van der Waals surface area contributed by atoms with E-state index < -0.39 is 0 Å². The summed E-state index contributed by atoms with van der Waals surface area (Å²) in [6.45, 7) is 6.15. The van der Waals surface area contributed by atoms with Crippen LogP contribution in [-0.4, -0.2) is 33.5 Å². The van der Waals surface area contributed by atoms with E-state index in [1.165, 1.54) is 6.42 Å². The second kappa shape index (κ2) is 6.29. The molecule has 2 unspecified atom stereocenters. The number of hydrogen-bond donors (Lipinski definition) is 1. The number of ether oxygens (including phenoxy) is 1. The predicted molar refractivity (Wildman–Crippen MR) is 70.1 cm³/mol. The van der Waals surface area contributed by atoms with E-state index in [0.29, 0.717) is 12.0 Å². The second-order valence-corrected chi connectivity index (χ2v) is 5.59. The topological polar surface area (TPSA) is 66.0 Å². The number of rotatable bonds is 6. The third kappa shape index (κ3) is 3.78.